The number of carbonyl (C=O) groups is 2. The van der Waals surface area contributed by atoms with Crippen molar-refractivity contribution in [2.24, 2.45) is 12.2 Å². The zero-order valence-corrected chi connectivity index (χ0v) is 17.0. The Bertz CT molecular complexity index is 997. The Morgan fingerprint density at radius 2 is 2.00 bits per heavy atom. The number of sulfonamides is 1. The van der Waals surface area contributed by atoms with E-state index in [0.29, 0.717) is 6.42 Å². The lowest BCUT2D eigenvalue weighted by Gasteiger charge is -2.14. The second kappa shape index (κ2) is 8.53. The van der Waals surface area contributed by atoms with E-state index in [2.05, 4.69) is 10.4 Å². The number of hydrogen-bond acceptors (Lipinski definition) is 6. The zero-order valence-electron chi connectivity index (χ0n) is 16.2. The van der Waals surface area contributed by atoms with Gasteiger partial charge < -0.3 is 10.1 Å². The first-order valence-electron chi connectivity index (χ1n) is 8.61. The molecule has 0 aliphatic carbocycles. The molecule has 0 saturated heterocycles. The van der Waals surface area contributed by atoms with Crippen LogP contribution in [0.3, 0.4) is 0 Å². The highest BCUT2D eigenvalue weighted by Gasteiger charge is 2.19. The summed E-state index contributed by atoms with van der Waals surface area (Å²) >= 11 is 0. The van der Waals surface area contributed by atoms with Crippen LogP contribution < -0.4 is 10.5 Å². The molecule has 0 aliphatic rings. The van der Waals surface area contributed by atoms with Gasteiger partial charge in [-0.3, -0.25) is 14.3 Å². The van der Waals surface area contributed by atoms with Gasteiger partial charge in [-0.05, 0) is 51.0 Å². The summed E-state index contributed by atoms with van der Waals surface area (Å²) in [6.45, 7) is 5.24. The number of anilines is 1. The minimum absolute atomic E-state index is 0.117. The second-order valence-corrected chi connectivity index (χ2v) is 8.03. The van der Waals surface area contributed by atoms with Crippen LogP contribution in [0.15, 0.2) is 29.2 Å². The molecule has 9 nitrogen and oxygen atoms in total. The molecule has 0 aliphatic heterocycles. The number of benzene rings is 1. The molecule has 1 unspecified atom stereocenters. The van der Waals surface area contributed by atoms with Gasteiger partial charge in [0.15, 0.2) is 6.10 Å². The molecule has 152 valence electrons. The van der Waals surface area contributed by atoms with Gasteiger partial charge in [0.1, 0.15) is 0 Å². The molecule has 0 radical (unpaired) electrons. The summed E-state index contributed by atoms with van der Waals surface area (Å²) < 4.78 is 29.7. The van der Waals surface area contributed by atoms with Crippen molar-refractivity contribution in [1.29, 1.82) is 0 Å². The van der Waals surface area contributed by atoms with Crippen LogP contribution in [0.1, 0.15) is 30.3 Å². The third-order valence-electron chi connectivity index (χ3n) is 4.35. The molecule has 0 bridgehead atoms. The smallest absolute Gasteiger partial charge is 0.306 e. The van der Waals surface area contributed by atoms with Crippen LogP contribution >= 0.6 is 0 Å². The van der Waals surface area contributed by atoms with Crippen LogP contribution in [0.25, 0.3) is 0 Å². The van der Waals surface area contributed by atoms with E-state index in [4.69, 9.17) is 9.88 Å². The molecule has 1 aromatic heterocycles. The fraction of sp³-hybridized carbons (Fsp3) is 0.389. The van der Waals surface area contributed by atoms with E-state index in [1.807, 2.05) is 20.9 Å². The van der Waals surface area contributed by atoms with Gasteiger partial charge in [-0.2, -0.15) is 5.10 Å². The number of nitrogens with two attached hydrogens (primary N) is 1. The molecular formula is C18H24N4O5S. The number of nitrogens with zero attached hydrogens (tertiary/aromatic N) is 2. The summed E-state index contributed by atoms with van der Waals surface area (Å²) in [5.74, 6) is -1.09. The standard InChI is InChI=1S/C18H24N4O5S/c1-11-16(12(2)22(4)21-11)8-9-17(23)27-13(3)18(24)20-14-6-5-7-15(10-14)28(19,25)26/h5-7,10,13H,8-9H2,1-4H3,(H,20,24)(H2,19,25,26). The maximum Gasteiger partial charge on any atom is 0.306 e. The number of nitrogens with one attached hydrogen (secondary N) is 1. The Morgan fingerprint density at radius 1 is 1.32 bits per heavy atom. The van der Waals surface area contributed by atoms with Gasteiger partial charge in [0.2, 0.25) is 10.0 Å². The Hall–Kier alpha value is -2.72. The summed E-state index contributed by atoms with van der Waals surface area (Å²) in [5, 5.41) is 11.9. The summed E-state index contributed by atoms with van der Waals surface area (Å²) in [6, 6.07) is 5.51. The van der Waals surface area contributed by atoms with Crippen molar-refractivity contribution in [3.8, 4) is 0 Å². The van der Waals surface area contributed by atoms with E-state index in [1.165, 1.54) is 31.2 Å². The number of hydrogen-bond donors (Lipinski definition) is 2. The van der Waals surface area contributed by atoms with Gasteiger partial charge in [-0.15, -0.1) is 0 Å². The van der Waals surface area contributed by atoms with Gasteiger partial charge in [0.05, 0.1) is 10.6 Å². The number of primary sulfonamides is 1. The SMILES string of the molecule is Cc1nn(C)c(C)c1CCC(=O)OC(C)C(=O)Nc1cccc(S(N)(=O)=O)c1. The molecule has 28 heavy (non-hydrogen) atoms. The van der Waals surface area contributed by atoms with Crippen LogP contribution in [0.2, 0.25) is 0 Å². The average Bonchev–Trinajstić information content (AvgIpc) is 2.84. The number of rotatable bonds is 7. The van der Waals surface area contributed by atoms with Gasteiger partial charge in [-0.1, -0.05) is 6.07 Å². The first kappa shape index (κ1) is 21.6. The molecule has 3 N–H and O–H groups in total. The lowest BCUT2D eigenvalue weighted by atomic mass is 10.1. The van der Waals surface area contributed by atoms with E-state index in [0.717, 1.165) is 17.0 Å². The van der Waals surface area contributed by atoms with E-state index >= 15 is 0 Å². The van der Waals surface area contributed by atoms with Crippen LogP contribution in [0.4, 0.5) is 5.69 Å². The summed E-state index contributed by atoms with van der Waals surface area (Å²) in [5.41, 5.74) is 3.05. The molecular weight excluding hydrogens is 384 g/mol. The van der Waals surface area contributed by atoms with Crippen molar-refractivity contribution in [3.05, 3.63) is 41.2 Å². The number of aryl methyl sites for hydroxylation is 2. The van der Waals surface area contributed by atoms with Gasteiger partial charge >= 0.3 is 5.97 Å². The Labute approximate surface area is 163 Å². The molecule has 1 heterocycles. The predicted octanol–water partition coefficient (Wildman–Crippen LogP) is 1.19. The van der Waals surface area contributed by atoms with Gasteiger partial charge in [0.25, 0.3) is 5.91 Å². The van der Waals surface area contributed by atoms with Crippen LogP contribution in [0, 0.1) is 13.8 Å². The lowest BCUT2D eigenvalue weighted by Crippen LogP contribution is -2.30. The summed E-state index contributed by atoms with van der Waals surface area (Å²) in [4.78, 5) is 24.2. The van der Waals surface area contributed by atoms with E-state index in [-0.39, 0.29) is 17.0 Å². The molecule has 1 amide bonds. The number of aromatic nitrogens is 2. The maximum atomic E-state index is 12.2. The second-order valence-electron chi connectivity index (χ2n) is 6.47. The predicted molar refractivity (Wildman–Crippen MR) is 103 cm³/mol. The minimum atomic E-state index is -3.88. The molecule has 1 atom stereocenters. The largest absolute Gasteiger partial charge is 0.453 e. The van der Waals surface area contributed by atoms with Crippen molar-refractivity contribution < 1.29 is 22.7 Å². The highest BCUT2D eigenvalue weighted by Crippen LogP contribution is 2.16. The highest BCUT2D eigenvalue weighted by atomic mass is 32.2. The van der Waals surface area contributed by atoms with Crippen LogP contribution in [0.5, 0.6) is 0 Å². The third kappa shape index (κ3) is 5.40. The fourth-order valence-electron chi connectivity index (χ4n) is 2.71. The third-order valence-corrected chi connectivity index (χ3v) is 5.26. The van der Waals surface area contributed by atoms with Crippen molar-refractivity contribution in [2.45, 2.75) is 44.6 Å². The van der Waals surface area contributed by atoms with Crippen LogP contribution in [-0.4, -0.2) is 36.2 Å². The van der Waals surface area contributed by atoms with E-state index in [9.17, 15) is 18.0 Å². The normalized spacial score (nSPS) is 12.5. The minimum Gasteiger partial charge on any atom is -0.453 e. The van der Waals surface area contributed by atoms with E-state index < -0.39 is 28.0 Å². The summed E-state index contributed by atoms with van der Waals surface area (Å²) in [7, 11) is -2.05. The monoisotopic (exact) mass is 408 g/mol. The van der Waals surface area contributed by atoms with Crippen molar-refractivity contribution in [3.63, 3.8) is 0 Å². The fourth-order valence-corrected chi connectivity index (χ4v) is 3.27. The van der Waals surface area contributed by atoms with Crippen molar-refractivity contribution in [1.82, 2.24) is 9.78 Å². The highest BCUT2D eigenvalue weighted by molar-refractivity contribution is 7.89. The zero-order chi connectivity index (χ0) is 21.1. The number of ether oxygens (including phenoxy) is 1. The van der Waals surface area contributed by atoms with Crippen molar-refractivity contribution >= 4 is 27.6 Å². The Morgan fingerprint density at radius 3 is 2.57 bits per heavy atom. The Balaban J connectivity index is 1.92. The lowest BCUT2D eigenvalue weighted by molar-refractivity contribution is -0.153. The Kier molecular flexibility index (Phi) is 6.57. The molecule has 2 aromatic rings. The number of esters is 1. The van der Waals surface area contributed by atoms with Crippen LogP contribution in [-0.2, 0) is 37.8 Å². The quantitative estimate of drug-likeness (QED) is 0.661. The summed E-state index contributed by atoms with van der Waals surface area (Å²) in [6.07, 6.45) is -0.456. The topological polar surface area (TPSA) is 133 Å². The molecule has 0 saturated carbocycles. The number of carbonyl (C=O) groups excluding carboxylic acids is 2. The molecule has 0 spiro atoms. The average molecular weight is 408 g/mol. The molecule has 1 aromatic carbocycles. The maximum absolute atomic E-state index is 12.2. The first-order chi connectivity index (χ1) is 13.0. The van der Waals surface area contributed by atoms with Gasteiger partial charge in [-0.25, -0.2) is 13.6 Å². The molecule has 10 heteroatoms. The molecule has 2 rings (SSSR count). The van der Waals surface area contributed by atoms with E-state index in [1.54, 1.807) is 4.68 Å². The first-order valence-corrected chi connectivity index (χ1v) is 10.2. The molecule has 0 fully saturated rings. The van der Waals surface area contributed by atoms with Crippen molar-refractivity contribution in [2.75, 3.05) is 5.32 Å². The number of amides is 1. The van der Waals surface area contributed by atoms with Gasteiger partial charge in [0, 0.05) is 24.8 Å².